The number of nitrogens with one attached hydrogen (secondary N) is 1. The third kappa shape index (κ3) is 2.13. The molecule has 5 heteroatoms. The van der Waals surface area contributed by atoms with E-state index < -0.39 is 5.97 Å². The van der Waals surface area contributed by atoms with Crippen LogP contribution in [0.3, 0.4) is 0 Å². The average molecular weight is 198 g/mol. The monoisotopic (exact) mass is 198 g/mol. The molecule has 0 aliphatic carbocycles. The molecule has 1 rings (SSSR count). The molecule has 0 aliphatic heterocycles. The first-order chi connectivity index (χ1) is 6.19. The number of anilines is 1. The standard InChI is InChI=1S/C8H10N2O2S/c1-13-5-2-3-6(8(11)12)7(4-5)10-9/h2-4,10H,9H2,1H3,(H,11,12). The molecule has 0 aliphatic rings. The summed E-state index contributed by atoms with van der Waals surface area (Å²) in [6.07, 6.45) is 1.91. The Balaban J connectivity index is 3.15. The maximum Gasteiger partial charge on any atom is 0.337 e. The molecule has 0 saturated heterocycles. The highest BCUT2D eigenvalue weighted by atomic mass is 32.2. The fourth-order valence-electron chi connectivity index (χ4n) is 0.956. The van der Waals surface area contributed by atoms with Crippen molar-refractivity contribution < 1.29 is 9.90 Å². The van der Waals surface area contributed by atoms with Gasteiger partial charge in [-0.1, -0.05) is 0 Å². The van der Waals surface area contributed by atoms with Gasteiger partial charge < -0.3 is 10.5 Å². The first-order valence-electron chi connectivity index (χ1n) is 3.57. The lowest BCUT2D eigenvalue weighted by Gasteiger charge is -2.06. The Labute approximate surface area is 80.1 Å². The number of carboxylic acids is 1. The first-order valence-corrected chi connectivity index (χ1v) is 4.79. The molecule has 0 fully saturated rings. The summed E-state index contributed by atoms with van der Waals surface area (Å²) in [5.41, 5.74) is 2.97. The molecule has 1 aromatic carbocycles. The van der Waals surface area contributed by atoms with E-state index in [1.807, 2.05) is 6.26 Å². The van der Waals surface area contributed by atoms with Crippen LogP contribution in [0.15, 0.2) is 23.1 Å². The summed E-state index contributed by atoms with van der Waals surface area (Å²) >= 11 is 1.53. The molecule has 1 aromatic rings. The van der Waals surface area contributed by atoms with Crippen LogP contribution in [-0.4, -0.2) is 17.3 Å². The van der Waals surface area contributed by atoms with Crippen LogP contribution in [0, 0.1) is 0 Å². The second-order valence-corrected chi connectivity index (χ2v) is 3.24. The zero-order valence-corrected chi connectivity index (χ0v) is 7.89. The molecular formula is C8H10N2O2S. The van der Waals surface area contributed by atoms with E-state index in [4.69, 9.17) is 10.9 Å². The van der Waals surface area contributed by atoms with Crippen molar-refractivity contribution in [3.8, 4) is 0 Å². The second-order valence-electron chi connectivity index (χ2n) is 2.36. The predicted molar refractivity (Wildman–Crippen MR) is 53.0 cm³/mol. The Morgan fingerprint density at radius 2 is 2.31 bits per heavy atom. The summed E-state index contributed by atoms with van der Waals surface area (Å²) in [5, 5.41) is 8.76. The van der Waals surface area contributed by atoms with E-state index in [-0.39, 0.29) is 5.56 Å². The van der Waals surface area contributed by atoms with E-state index in [1.165, 1.54) is 17.8 Å². The maximum atomic E-state index is 10.7. The Hall–Kier alpha value is -1.20. The van der Waals surface area contributed by atoms with E-state index in [2.05, 4.69) is 5.43 Å². The number of carboxylic acid groups (broad SMARTS) is 1. The van der Waals surface area contributed by atoms with Crippen LogP contribution in [0.4, 0.5) is 5.69 Å². The quantitative estimate of drug-likeness (QED) is 0.389. The number of carbonyl (C=O) groups is 1. The molecule has 70 valence electrons. The van der Waals surface area contributed by atoms with E-state index >= 15 is 0 Å². The minimum atomic E-state index is -0.986. The molecule has 0 spiro atoms. The summed E-state index contributed by atoms with van der Waals surface area (Å²) in [7, 11) is 0. The van der Waals surface area contributed by atoms with Crippen molar-refractivity contribution in [3.63, 3.8) is 0 Å². The summed E-state index contributed by atoms with van der Waals surface area (Å²) in [5.74, 6) is 4.20. The van der Waals surface area contributed by atoms with Gasteiger partial charge in [0, 0.05) is 4.90 Å². The number of nitrogen functional groups attached to an aromatic ring is 1. The molecule has 4 N–H and O–H groups in total. The van der Waals surface area contributed by atoms with Gasteiger partial charge in [0.1, 0.15) is 0 Å². The summed E-state index contributed by atoms with van der Waals surface area (Å²) in [4.78, 5) is 11.6. The second kappa shape index (κ2) is 4.15. The SMILES string of the molecule is CSc1ccc(C(=O)O)c(NN)c1. The Morgan fingerprint density at radius 3 is 2.77 bits per heavy atom. The molecule has 0 saturated carbocycles. The van der Waals surface area contributed by atoms with Crippen molar-refractivity contribution >= 4 is 23.4 Å². The fraction of sp³-hybridized carbons (Fsp3) is 0.125. The smallest absolute Gasteiger partial charge is 0.337 e. The van der Waals surface area contributed by atoms with Gasteiger partial charge in [-0.25, -0.2) is 4.79 Å². The molecular weight excluding hydrogens is 188 g/mol. The molecule has 0 atom stereocenters. The van der Waals surface area contributed by atoms with Gasteiger partial charge in [0.15, 0.2) is 0 Å². The summed E-state index contributed by atoms with van der Waals surface area (Å²) in [6, 6.07) is 4.98. The lowest BCUT2D eigenvalue weighted by atomic mass is 10.2. The zero-order chi connectivity index (χ0) is 9.84. The van der Waals surface area contributed by atoms with E-state index in [0.717, 1.165) is 4.90 Å². The highest BCUT2D eigenvalue weighted by Crippen LogP contribution is 2.22. The Morgan fingerprint density at radius 1 is 1.62 bits per heavy atom. The summed E-state index contributed by atoms with van der Waals surface area (Å²) in [6.45, 7) is 0. The van der Waals surface area contributed by atoms with E-state index in [9.17, 15) is 4.79 Å². The average Bonchev–Trinajstić information content (AvgIpc) is 2.16. The van der Waals surface area contributed by atoms with Crippen molar-refractivity contribution in [2.75, 3.05) is 11.7 Å². The van der Waals surface area contributed by atoms with Gasteiger partial charge in [-0.15, -0.1) is 11.8 Å². The predicted octanol–water partition coefficient (Wildman–Crippen LogP) is 1.39. The molecule has 0 aromatic heterocycles. The van der Waals surface area contributed by atoms with Crippen molar-refractivity contribution in [1.29, 1.82) is 0 Å². The van der Waals surface area contributed by atoms with Crippen molar-refractivity contribution in [2.45, 2.75) is 4.90 Å². The molecule has 4 nitrogen and oxygen atoms in total. The number of thioether (sulfide) groups is 1. The van der Waals surface area contributed by atoms with Gasteiger partial charge in [-0.3, -0.25) is 5.84 Å². The number of hydrogen-bond donors (Lipinski definition) is 3. The molecule has 0 heterocycles. The van der Waals surface area contributed by atoms with Crippen molar-refractivity contribution in [2.24, 2.45) is 5.84 Å². The van der Waals surface area contributed by atoms with Gasteiger partial charge in [-0.05, 0) is 24.5 Å². The molecule has 0 amide bonds. The van der Waals surface area contributed by atoms with Crippen LogP contribution >= 0.6 is 11.8 Å². The van der Waals surface area contributed by atoms with Crippen LogP contribution in [0.5, 0.6) is 0 Å². The third-order valence-corrected chi connectivity index (χ3v) is 2.34. The lowest BCUT2D eigenvalue weighted by molar-refractivity contribution is 0.0698. The molecule has 0 radical (unpaired) electrons. The zero-order valence-electron chi connectivity index (χ0n) is 7.07. The molecule has 13 heavy (non-hydrogen) atoms. The number of hydrogen-bond acceptors (Lipinski definition) is 4. The number of hydrazine groups is 1. The van der Waals surface area contributed by atoms with Crippen molar-refractivity contribution in [1.82, 2.24) is 0 Å². The lowest BCUT2D eigenvalue weighted by Crippen LogP contribution is -2.11. The van der Waals surface area contributed by atoms with Gasteiger partial charge >= 0.3 is 5.97 Å². The summed E-state index contributed by atoms with van der Waals surface area (Å²) < 4.78 is 0. The van der Waals surface area contributed by atoms with Crippen LogP contribution in [-0.2, 0) is 0 Å². The third-order valence-electron chi connectivity index (χ3n) is 1.61. The Bertz CT molecular complexity index is 328. The van der Waals surface area contributed by atoms with E-state index in [1.54, 1.807) is 12.1 Å². The van der Waals surface area contributed by atoms with Gasteiger partial charge in [0.25, 0.3) is 0 Å². The van der Waals surface area contributed by atoms with Crippen LogP contribution in [0.2, 0.25) is 0 Å². The van der Waals surface area contributed by atoms with Gasteiger partial charge in [0.05, 0.1) is 11.3 Å². The molecule has 0 unspecified atom stereocenters. The highest BCUT2D eigenvalue weighted by Gasteiger charge is 2.08. The van der Waals surface area contributed by atoms with Crippen LogP contribution < -0.4 is 11.3 Å². The fourth-order valence-corrected chi connectivity index (χ4v) is 1.40. The first kappa shape index (κ1) is 9.88. The normalized spacial score (nSPS) is 9.69. The minimum Gasteiger partial charge on any atom is -0.478 e. The minimum absolute atomic E-state index is 0.181. The largest absolute Gasteiger partial charge is 0.478 e. The van der Waals surface area contributed by atoms with Gasteiger partial charge in [0.2, 0.25) is 0 Å². The van der Waals surface area contributed by atoms with Crippen molar-refractivity contribution in [3.05, 3.63) is 23.8 Å². The number of aromatic carboxylic acids is 1. The van der Waals surface area contributed by atoms with Crippen LogP contribution in [0.25, 0.3) is 0 Å². The highest BCUT2D eigenvalue weighted by molar-refractivity contribution is 7.98. The maximum absolute atomic E-state index is 10.7. The number of rotatable bonds is 3. The molecule has 0 bridgehead atoms. The van der Waals surface area contributed by atoms with E-state index in [0.29, 0.717) is 5.69 Å². The topological polar surface area (TPSA) is 75.3 Å². The number of benzene rings is 1. The number of nitrogens with two attached hydrogens (primary N) is 1. The van der Waals surface area contributed by atoms with Crippen LogP contribution in [0.1, 0.15) is 10.4 Å². The van der Waals surface area contributed by atoms with Gasteiger partial charge in [-0.2, -0.15) is 0 Å². The Kier molecular flexibility index (Phi) is 3.16.